The van der Waals surface area contributed by atoms with Crippen LogP contribution in [0.2, 0.25) is 0 Å². The second-order valence-electron chi connectivity index (χ2n) is 8.37. The minimum Gasteiger partial charge on any atom is -0.507 e. The lowest BCUT2D eigenvalue weighted by Gasteiger charge is -2.21. The first-order valence-electron chi connectivity index (χ1n) is 11.5. The average Bonchev–Trinajstić information content (AvgIpc) is 2.90. The summed E-state index contributed by atoms with van der Waals surface area (Å²) >= 11 is 0. The molecule has 38 heavy (non-hydrogen) atoms. The molecule has 3 aromatic carbocycles. The van der Waals surface area contributed by atoms with Crippen molar-refractivity contribution >= 4 is 22.8 Å². The number of nitrogens with two attached hydrogens (primary N) is 1. The predicted molar refractivity (Wildman–Crippen MR) is 137 cm³/mol. The number of aromatic hydroxyl groups is 2. The van der Waals surface area contributed by atoms with Crippen molar-refractivity contribution in [1.82, 2.24) is 0 Å². The molecule has 0 spiro atoms. The Labute approximate surface area is 216 Å². The number of hydrogen-bond acceptors (Lipinski definition) is 9. The molecule has 0 bridgehead atoms. The van der Waals surface area contributed by atoms with Crippen molar-refractivity contribution in [3.05, 3.63) is 82.0 Å². The van der Waals surface area contributed by atoms with E-state index in [1.165, 1.54) is 26.4 Å². The number of rotatable bonds is 9. The summed E-state index contributed by atoms with van der Waals surface area (Å²) in [5.41, 5.74) is 5.70. The van der Waals surface area contributed by atoms with Gasteiger partial charge in [-0.1, -0.05) is 36.4 Å². The molecule has 4 aromatic rings. The Balaban J connectivity index is 1.97. The fourth-order valence-electron chi connectivity index (χ4n) is 4.21. The first-order chi connectivity index (χ1) is 18.2. The molecular weight excluding hydrogens is 494 g/mol. The summed E-state index contributed by atoms with van der Waals surface area (Å²) < 4.78 is 21.8. The number of fused-ring (bicyclic) bond motifs is 1. The number of phenols is 2. The predicted octanol–water partition coefficient (Wildman–Crippen LogP) is 3.44. The van der Waals surface area contributed by atoms with Crippen molar-refractivity contribution in [1.29, 1.82) is 0 Å². The summed E-state index contributed by atoms with van der Waals surface area (Å²) in [6.45, 7) is -0.377. The molecule has 10 heteroatoms. The normalized spacial score (nSPS) is 11.6. The molecule has 4 N–H and O–H groups in total. The minimum absolute atomic E-state index is 0.0872. The molecule has 0 fully saturated rings. The van der Waals surface area contributed by atoms with Crippen LogP contribution in [0, 0.1) is 0 Å². The average molecular weight is 520 g/mol. The summed E-state index contributed by atoms with van der Waals surface area (Å²) in [7, 11) is 2.62. The number of primary amides is 1. The smallest absolute Gasteiger partial charge is 0.306 e. The third-order valence-electron chi connectivity index (χ3n) is 5.96. The molecule has 0 saturated carbocycles. The van der Waals surface area contributed by atoms with E-state index in [0.29, 0.717) is 11.1 Å². The number of hydrogen-bond donors (Lipinski definition) is 3. The highest BCUT2D eigenvalue weighted by molar-refractivity contribution is 5.90. The Kier molecular flexibility index (Phi) is 7.52. The van der Waals surface area contributed by atoms with E-state index in [9.17, 15) is 24.6 Å². The number of carbonyl (C=O) groups is 2. The SMILES string of the molecule is COC(=O)CC(c1ccc(OCC(N)=O)c(OC)c1)c1c(O)cc(O)c2c(=O)cc(-c3ccccc3)oc12. The zero-order valence-electron chi connectivity index (χ0n) is 20.6. The maximum Gasteiger partial charge on any atom is 0.306 e. The van der Waals surface area contributed by atoms with Gasteiger partial charge in [0, 0.05) is 29.2 Å². The molecule has 0 radical (unpaired) electrons. The molecule has 0 aliphatic carbocycles. The van der Waals surface area contributed by atoms with Gasteiger partial charge in [0.25, 0.3) is 5.91 Å². The van der Waals surface area contributed by atoms with Crippen molar-refractivity contribution in [2.75, 3.05) is 20.8 Å². The summed E-state index contributed by atoms with van der Waals surface area (Å²) in [4.78, 5) is 36.7. The first kappa shape index (κ1) is 26.1. The number of ether oxygens (including phenoxy) is 3. The van der Waals surface area contributed by atoms with Gasteiger partial charge in [0.05, 0.1) is 20.6 Å². The highest BCUT2D eigenvalue weighted by atomic mass is 16.5. The van der Waals surface area contributed by atoms with Crippen molar-refractivity contribution in [3.8, 4) is 34.3 Å². The summed E-state index contributed by atoms with van der Waals surface area (Å²) in [6.07, 6.45) is -0.256. The minimum atomic E-state index is -0.904. The summed E-state index contributed by atoms with van der Waals surface area (Å²) in [5, 5.41) is 21.4. The van der Waals surface area contributed by atoms with E-state index in [1.54, 1.807) is 36.4 Å². The van der Waals surface area contributed by atoms with Gasteiger partial charge in [-0.25, -0.2) is 0 Å². The Morgan fingerprint density at radius 2 is 1.71 bits per heavy atom. The van der Waals surface area contributed by atoms with Gasteiger partial charge in [0.15, 0.2) is 23.5 Å². The van der Waals surface area contributed by atoms with E-state index in [-0.39, 0.29) is 46.8 Å². The van der Waals surface area contributed by atoms with Crippen LogP contribution in [0.3, 0.4) is 0 Å². The summed E-state index contributed by atoms with van der Waals surface area (Å²) in [5.74, 6) is -2.39. The monoisotopic (exact) mass is 519 g/mol. The van der Waals surface area contributed by atoms with Gasteiger partial charge in [0.1, 0.15) is 28.2 Å². The van der Waals surface area contributed by atoms with Gasteiger partial charge in [0.2, 0.25) is 0 Å². The Hall–Kier alpha value is -4.99. The van der Waals surface area contributed by atoms with Crippen molar-refractivity contribution in [2.24, 2.45) is 5.73 Å². The van der Waals surface area contributed by atoms with Crippen LogP contribution in [0.4, 0.5) is 0 Å². The van der Waals surface area contributed by atoms with E-state index in [4.69, 9.17) is 24.4 Å². The van der Waals surface area contributed by atoms with E-state index in [0.717, 1.165) is 6.07 Å². The standard InChI is InChI=1S/C28H25NO9/c1-35-23-10-16(8-9-21(23)37-14-24(29)33)17(11-25(34)36-2)26-18(30)12-19(31)27-20(32)13-22(38-28(26)27)15-6-4-3-5-7-15/h3-10,12-13,17,30-31H,11,14H2,1-2H3,(H2,29,33). The van der Waals surface area contributed by atoms with Crippen LogP contribution in [0.5, 0.6) is 23.0 Å². The van der Waals surface area contributed by atoms with E-state index in [2.05, 4.69) is 0 Å². The number of benzene rings is 3. The molecule has 1 atom stereocenters. The number of phenolic OH excluding ortho intramolecular Hbond substituents is 2. The second-order valence-corrected chi connectivity index (χ2v) is 8.37. The van der Waals surface area contributed by atoms with Crippen LogP contribution in [0.25, 0.3) is 22.3 Å². The number of esters is 1. The topological polar surface area (TPSA) is 159 Å². The number of methoxy groups -OCH3 is 2. The quantitative estimate of drug-likeness (QED) is 0.282. The maximum atomic E-state index is 13.1. The van der Waals surface area contributed by atoms with Crippen molar-refractivity contribution in [2.45, 2.75) is 12.3 Å². The lowest BCUT2D eigenvalue weighted by atomic mass is 9.86. The Morgan fingerprint density at radius 1 is 0.974 bits per heavy atom. The molecule has 10 nitrogen and oxygen atoms in total. The molecule has 4 rings (SSSR count). The van der Waals surface area contributed by atoms with Gasteiger partial charge < -0.3 is 34.6 Å². The largest absolute Gasteiger partial charge is 0.507 e. The zero-order chi connectivity index (χ0) is 27.4. The first-order valence-corrected chi connectivity index (χ1v) is 11.5. The van der Waals surface area contributed by atoms with Crippen LogP contribution in [-0.2, 0) is 14.3 Å². The van der Waals surface area contributed by atoms with Crippen LogP contribution in [-0.4, -0.2) is 42.9 Å². The molecule has 0 aliphatic rings. The molecule has 1 amide bonds. The molecular formula is C28H25NO9. The van der Waals surface area contributed by atoms with Gasteiger partial charge >= 0.3 is 5.97 Å². The molecule has 0 aliphatic heterocycles. The molecule has 196 valence electrons. The van der Waals surface area contributed by atoms with Crippen LogP contribution >= 0.6 is 0 Å². The van der Waals surface area contributed by atoms with Crippen LogP contribution in [0.15, 0.2) is 69.9 Å². The number of carbonyl (C=O) groups excluding carboxylic acids is 2. The Bertz CT molecular complexity index is 1560. The van der Waals surface area contributed by atoms with Crippen LogP contribution in [0.1, 0.15) is 23.5 Å². The van der Waals surface area contributed by atoms with Gasteiger partial charge in [-0.2, -0.15) is 0 Å². The van der Waals surface area contributed by atoms with Crippen molar-refractivity contribution < 1.29 is 38.4 Å². The molecule has 1 aromatic heterocycles. The van der Waals surface area contributed by atoms with E-state index >= 15 is 0 Å². The fourth-order valence-corrected chi connectivity index (χ4v) is 4.21. The van der Waals surface area contributed by atoms with Crippen molar-refractivity contribution in [3.63, 3.8) is 0 Å². The zero-order valence-corrected chi connectivity index (χ0v) is 20.6. The van der Waals surface area contributed by atoms with E-state index < -0.39 is 34.7 Å². The molecule has 0 saturated heterocycles. The maximum absolute atomic E-state index is 13.1. The second kappa shape index (κ2) is 11.0. The lowest BCUT2D eigenvalue weighted by molar-refractivity contribution is -0.140. The fraction of sp³-hybridized carbons (Fsp3) is 0.179. The Morgan fingerprint density at radius 3 is 2.37 bits per heavy atom. The molecule has 1 unspecified atom stereocenters. The molecule has 1 heterocycles. The van der Waals surface area contributed by atoms with Gasteiger partial charge in [-0.3, -0.25) is 14.4 Å². The highest BCUT2D eigenvalue weighted by Crippen LogP contribution is 2.44. The van der Waals surface area contributed by atoms with Crippen LogP contribution < -0.4 is 20.6 Å². The lowest BCUT2D eigenvalue weighted by Crippen LogP contribution is -2.20. The van der Waals surface area contributed by atoms with Gasteiger partial charge in [-0.15, -0.1) is 0 Å². The van der Waals surface area contributed by atoms with Gasteiger partial charge in [-0.05, 0) is 17.7 Å². The highest BCUT2D eigenvalue weighted by Gasteiger charge is 2.29. The van der Waals surface area contributed by atoms with E-state index in [1.807, 2.05) is 6.07 Å². The third kappa shape index (κ3) is 5.24. The number of amides is 1. The summed E-state index contributed by atoms with van der Waals surface area (Å²) in [6, 6.07) is 15.8. The third-order valence-corrected chi connectivity index (χ3v) is 5.96.